The minimum absolute atomic E-state index is 0.0732. The minimum atomic E-state index is -5.51. The van der Waals surface area contributed by atoms with Gasteiger partial charge in [0, 0.05) is 33.7 Å². The Bertz CT molecular complexity index is 2040. The number of esters is 1. The zero-order valence-corrected chi connectivity index (χ0v) is 30.0. The lowest BCUT2D eigenvalue weighted by atomic mass is 9.93. The van der Waals surface area contributed by atoms with Crippen molar-refractivity contribution in [1.82, 2.24) is 10.2 Å². The van der Waals surface area contributed by atoms with Gasteiger partial charge < -0.3 is 25.4 Å². The van der Waals surface area contributed by atoms with E-state index in [1.807, 2.05) is 0 Å². The minimum Gasteiger partial charge on any atom is -0.490 e. The number of hydrogen-bond donors (Lipinski definition) is 2. The third-order valence-corrected chi connectivity index (χ3v) is 11.0. The van der Waals surface area contributed by atoms with E-state index in [2.05, 4.69) is 21.2 Å². The summed E-state index contributed by atoms with van der Waals surface area (Å²) in [5.41, 5.74) is 5.36. The number of fused-ring (bicyclic) bond motifs is 4. The Morgan fingerprint density at radius 2 is 1.40 bits per heavy atom. The summed E-state index contributed by atoms with van der Waals surface area (Å²) in [5, 5.41) is 4.19. The van der Waals surface area contributed by atoms with Crippen LogP contribution in [0.4, 0.5) is 22.0 Å². The number of carbonyl (C=O) groups is 3. The van der Waals surface area contributed by atoms with Crippen LogP contribution in [0.2, 0.25) is 0 Å². The van der Waals surface area contributed by atoms with E-state index >= 15 is 8.78 Å². The Morgan fingerprint density at radius 1 is 0.792 bits per heavy atom. The van der Waals surface area contributed by atoms with Gasteiger partial charge in [-0.15, -0.1) is 0 Å². The number of nitrogens with one attached hydrogen (secondary N) is 1. The van der Waals surface area contributed by atoms with Crippen LogP contribution in [0.1, 0.15) is 68.6 Å². The Balaban J connectivity index is 1.24. The second-order valence-corrected chi connectivity index (χ2v) is 15.1. The molecule has 14 heteroatoms. The molecule has 2 heterocycles. The van der Waals surface area contributed by atoms with Gasteiger partial charge in [-0.25, -0.2) is 4.79 Å². The first-order valence-electron chi connectivity index (χ1n) is 17.6. The third kappa shape index (κ3) is 7.71. The molecule has 3 N–H and O–H groups in total. The number of benzene rings is 4. The van der Waals surface area contributed by atoms with Crippen LogP contribution in [0.3, 0.4) is 0 Å². The zero-order valence-electron chi connectivity index (χ0n) is 28.4. The van der Waals surface area contributed by atoms with Crippen LogP contribution in [0.25, 0.3) is 21.5 Å². The van der Waals surface area contributed by atoms with E-state index in [0.717, 1.165) is 36.2 Å². The van der Waals surface area contributed by atoms with Crippen LogP contribution in [0.5, 0.6) is 5.75 Å². The van der Waals surface area contributed by atoms with Crippen LogP contribution in [0.15, 0.2) is 77.3 Å². The fourth-order valence-corrected chi connectivity index (χ4v) is 8.35. The standard InChI is InChI=1S/C39H37BrF5N3O5/c40-27-11-8-22-16-26(10-7-23(22)17-27)38(41,42)34(36(50)48-29-12-13-30(48)20-28(46)19-29)47-35(49)33(53-37(51)39(43,44)45)25-6-5-24-18-32(14-9-21(24)15-25)52-31-3-1-2-4-31/h5-11,14-18,28-31,33-34H,1-4,12-13,19-20,46H2,(H,47,49)/t28?,29?,30?,33-,34+/m1/s1. The lowest BCUT2D eigenvalue weighted by Crippen LogP contribution is -2.61. The third-order valence-electron chi connectivity index (χ3n) is 10.5. The van der Waals surface area contributed by atoms with Crippen LogP contribution >= 0.6 is 15.9 Å². The Labute approximate surface area is 310 Å². The summed E-state index contributed by atoms with van der Waals surface area (Å²) in [6.07, 6.45) is -2.01. The first kappa shape index (κ1) is 37.0. The van der Waals surface area contributed by atoms with Gasteiger partial charge in [-0.05, 0) is 109 Å². The normalized spacial score (nSPS) is 21.8. The van der Waals surface area contributed by atoms with Gasteiger partial charge in [0.25, 0.3) is 11.8 Å². The first-order valence-corrected chi connectivity index (χ1v) is 18.4. The topological polar surface area (TPSA) is 111 Å². The number of halogens is 6. The van der Waals surface area contributed by atoms with Crippen LogP contribution in [0, 0.1) is 0 Å². The molecule has 1 saturated carbocycles. The number of nitrogens with zero attached hydrogens (tertiary/aromatic N) is 1. The molecule has 0 radical (unpaired) electrons. The SMILES string of the molecule is NC1CC2CCC(C1)N2C(=O)[C@H](NC(=O)[C@H](OC(=O)C(F)(F)F)c1ccc2cc(OC3CCCC3)ccc2c1)C(F)(F)c1ccc2cc(Br)ccc2c1. The number of ether oxygens (including phenoxy) is 2. The molecular formula is C39H37BrF5N3O5. The zero-order chi connectivity index (χ0) is 37.7. The van der Waals surface area contributed by atoms with E-state index in [1.165, 1.54) is 35.2 Å². The monoisotopic (exact) mass is 801 g/mol. The van der Waals surface area contributed by atoms with Crippen molar-refractivity contribution in [2.75, 3.05) is 0 Å². The predicted octanol–water partition coefficient (Wildman–Crippen LogP) is 7.98. The highest BCUT2D eigenvalue weighted by molar-refractivity contribution is 9.10. The number of carbonyl (C=O) groups excluding carboxylic acids is 3. The molecule has 2 amide bonds. The average Bonchev–Trinajstić information content (AvgIpc) is 3.73. The van der Waals surface area contributed by atoms with E-state index < -0.39 is 59.7 Å². The van der Waals surface area contributed by atoms with Gasteiger partial charge in [0.1, 0.15) is 5.75 Å². The quantitative estimate of drug-likeness (QED) is 0.131. The maximum atomic E-state index is 16.9. The summed E-state index contributed by atoms with van der Waals surface area (Å²) < 4.78 is 85.9. The van der Waals surface area contributed by atoms with Gasteiger partial charge in [0.2, 0.25) is 6.10 Å². The molecule has 280 valence electrons. The van der Waals surface area contributed by atoms with Gasteiger partial charge in [-0.3, -0.25) is 9.59 Å². The molecule has 2 unspecified atom stereocenters. The molecule has 3 aliphatic rings. The molecule has 2 aliphatic heterocycles. The Hall–Kier alpha value is -4.30. The fourth-order valence-electron chi connectivity index (χ4n) is 7.97. The molecule has 53 heavy (non-hydrogen) atoms. The van der Waals surface area contributed by atoms with Gasteiger partial charge in [-0.2, -0.15) is 22.0 Å². The summed E-state index contributed by atoms with van der Waals surface area (Å²) in [5.74, 6) is -8.80. The molecule has 7 rings (SSSR count). The summed E-state index contributed by atoms with van der Waals surface area (Å²) in [6.45, 7) is 0. The highest BCUT2D eigenvalue weighted by atomic mass is 79.9. The van der Waals surface area contributed by atoms with Crippen molar-refractivity contribution in [3.8, 4) is 5.75 Å². The summed E-state index contributed by atoms with van der Waals surface area (Å²) in [4.78, 5) is 41.9. The largest absolute Gasteiger partial charge is 0.490 e. The van der Waals surface area contributed by atoms with Crippen molar-refractivity contribution < 1.29 is 45.8 Å². The number of alkyl halides is 5. The molecule has 2 bridgehead atoms. The number of amides is 2. The van der Waals surface area contributed by atoms with Crippen molar-refractivity contribution in [2.24, 2.45) is 5.73 Å². The summed E-state index contributed by atoms with van der Waals surface area (Å²) >= 11 is 3.35. The molecule has 1 aliphatic carbocycles. The molecule has 2 saturated heterocycles. The van der Waals surface area contributed by atoms with E-state index in [-0.39, 0.29) is 17.7 Å². The van der Waals surface area contributed by atoms with Crippen LogP contribution in [-0.2, 0) is 25.0 Å². The molecule has 3 fully saturated rings. The maximum absolute atomic E-state index is 16.9. The van der Waals surface area contributed by atoms with E-state index in [0.29, 0.717) is 53.0 Å². The molecule has 4 aromatic carbocycles. The number of rotatable bonds is 9. The molecule has 8 nitrogen and oxygen atoms in total. The summed E-state index contributed by atoms with van der Waals surface area (Å²) in [7, 11) is 0. The molecule has 0 aromatic heterocycles. The number of piperidine rings is 1. The number of hydrogen-bond acceptors (Lipinski definition) is 6. The van der Waals surface area contributed by atoms with Crippen molar-refractivity contribution in [3.63, 3.8) is 0 Å². The van der Waals surface area contributed by atoms with Crippen molar-refractivity contribution in [1.29, 1.82) is 0 Å². The second kappa shape index (κ2) is 14.5. The Morgan fingerprint density at radius 3 is 2.09 bits per heavy atom. The van der Waals surface area contributed by atoms with E-state index in [9.17, 15) is 27.6 Å². The van der Waals surface area contributed by atoms with Crippen molar-refractivity contribution in [3.05, 3.63) is 88.4 Å². The van der Waals surface area contributed by atoms with Gasteiger partial charge in [0.05, 0.1) is 6.10 Å². The van der Waals surface area contributed by atoms with Gasteiger partial charge in [0.15, 0.2) is 6.04 Å². The smallest absolute Gasteiger partial charge is 0.490 e. The van der Waals surface area contributed by atoms with Crippen LogP contribution < -0.4 is 15.8 Å². The van der Waals surface area contributed by atoms with E-state index in [1.54, 1.807) is 36.4 Å². The molecular weight excluding hydrogens is 765 g/mol. The molecule has 0 spiro atoms. The summed E-state index contributed by atoms with van der Waals surface area (Å²) in [6, 6.07) is 14.2. The van der Waals surface area contributed by atoms with Gasteiger partial charge >= 0.3 is 18.1 Å². The maximum Gasteiger partial charge on any atom is 0.490 e. The fraction of sp³-hybridized carbons (Fsp3) is 0.410. The molecule has 4 aromatic rings. The second-order valence-electron chi connectivity index (χ2n) is 14.2. The average molecular weight is 803 g/mol. The van der Waals surface area contributed by atoms with Crippen molar-refractivity contribution >= 4 is 55.3 Å². The first-order chi connectivity index (χ1) is 25.2. The lowest BCUT2D eigenvalue weighted by Gasteiger charge is -2.41. The predicted molar refractivity (Wildman–Crippen MR) is 190 cm³/mol. The van der Waals surface area contributed by atoms with Crippen LogP contribution in [-0.4, -0.2) is 59.1 Å². The Kier molecular flexibility index (Phi) is 10.1. The van der Waals surface area contributed by atoms with E-state index in [4.69, 9.17) is 15.2 Å². The van der Waals surface area contributed by atoms with Gasteiger partial charge in [-0.1, -0.05) is 52.3 Å². The highest BCUT2D eigenvalue weighted by Gasteiger charge is 2.54. The number of nitrogens with two attached hydrogens (primary N) is 1. The van der Waals surface area contributed by atoms with Crippen molar-refractivity contribution in [2.45, 2.75) is 99.8 Å². The molecule has 4 atom stereocenters. The highest BCUT2D eigenvalue weighted by Crippen LogP contribution is 2.41. The lowest BCUT2D eigenvalue weighted by molar-refractivity contribution is -0.206.